The molecular weight excluding hydrogens is 330 g/mol. The molecule has 136 valence electrons. The lowest BCUT2D eigenvalue weighted by atomic mass is 9.99. The molecule has 0 radical (unpaired) electrons. The molecule has 1 aromatic carbocycles. The zero-order valence-electron chi connectivity index (χ0n) is 14.7. The molecule has 2 aliphatic rings. The Morgan fingerprint density at radius 3 is 2.92 bits per heavy atom. The summed E-state index contributed by atoms with van der Waals surface area (Å²) >= 11 is 0. The van der Waals surface area contributed by atoms with E-state index in [1.54, 1.807) is 0 Å². The molecule has 0 fully saturated rings. The van der Waals surface area contributed by atoms with Gasteiger partial charge in [0.05, 0.1) is 30.3 Å². The molecule has 1 aliphatic heterocycles. The van der Waals surface area contributed by atoms with Crippen molar-refractivity contribution in [3.63, 3.8) is 0 Å². The second kappa shape index (κ2) is 6.94. The van der Waals surface area contributed by atoms with Gasteiger partial charge in [-0.3, -0.25) is 14.3 Å². The summed E-state index contributed by atoms with van der Waals surface area (Å²) in [4.78, 5) is 25.9. The SMILES string of the molecule is O=C(O)CCc1cc2n(n1)CCCN(C(=O)[C@H]1CCc3ccccc31)C2. The van der Waals surface area contributed by atoms with Crippen LogP contribution in [0.5, 0.6) is 0 Å². The molecule has 0 saturated heterocycles. The van der Waals surface area contributed by atoms with Crippen LogP contribution in [-0.2, 0) is 35.5 Å². The van der Waals surface area contributed by atoms with Crippen LogP contribution in [-0.4, -0.2) is 38.2 Å². The quantitative estimate of drug-likeness (QED) is 0.916. The summed E-state index contributed by atoms with van der Waals surface area (Å²) in [6.45, 7) is 2.07. The summed E-state index contributed by atoms with van der Waals surface area (Å²) in [5.41, 5.74) is 4.27. The zero-order chi connectivity index (χ0) is 18.1. The van der Waals surface area contributed by atoms with Gasteiger partial charge in [-0.15, -0.1) is 0 Å². The van der Waals surface area contributed by atoms with Gasteiger partial charge in [0.1, 0.15) is 0 Å². The molecule has 2 aromatic rings. The van der Waals surface area contributed by atoms with Crippen LogP contribution in [0.2, 0.25) is 0 Å². The number of carbonyl (C=O) groups is 2. The van der Waals surface area contributed by atoms with Gasteiger partial charge in [-0.05, 0) is 36.5 Å². The molecule has 6 nitrogen and oxygen atoms in total. The standard InChI is InChI=1S/C20H23N3O3/c24-19(25)9-7-15-12-16-13-22(10-3-11-23(16)21-15)20(26)18-8-6-14-4-1-2-5-17(14)18/h1-2,4-5,12,18H,3,6-11,13H2,(H,24,25)/t18-/m0/s1. The number of benzene rings is 1. The molecule has 0 bridgehead atoms. The molecule has 0 spiro atoms. The van der Waals surface area contributed by atoms with Gasteiger partial charge in [-0.25, -0.2) is 0 Å². The monoisotopic (exact) mass is 353 g/mol. The molecule has 4 rings (SSSR count). The topological polar surface area (TPSA) is 75.4 Å². The van der Waals surface area contributed by atoms with Gasteiger partial charge in [-0.2, -0.15) is 5.10 Å². The number of aromatic nitrogens is 2. The van der Waals surface area contributed by atoms with Crippen molar-refractivity contribution in [1.29, 1.82) is 0 Å². The fraction of sp³-hybridized carbons (Fsp3) is 0.450. The molecule has 1 atom stereocenters. The Kier molecular flexibility index (Phi) is 4.49. The lowest BCUT2D eigenvalue weighted by Crippen LogP contribution is -2.34. The number of aryl methyl sites for hydroxylation is 3. The highest BCUT2D eigenvalue weighted by Gasteiger charge is 2.32. The largest absolute Gasteiger partial charge is 0.481 e. The molecular formula is C20H23N3O3. The van der Waals surface area contributed by atoms with Crippen molar-refractivity contribution in [1.82, 2.24) is 14.7 Å². The normalized spacial score (nSPS) is 18.9. The third-order valence-electron chi connectivity index (χ3n) is 5.40. The van der Waals surface area contributed by atoms with E-state index in [4.69, 9.17) is 5.11 Å². The summed E-state index contributed by atoms with van der Waals surface area (Å²) < 4.78 is 1.94. The first-order valence-electron chi connectivity index (χ1n) is 9.26. The second-order valence-corrected chi connectivity index (χ2v) is 7.15. The highest BCUT2D eigenvalue weighted by molar-refractivity contribution is 5.85. The van der Waals surface area contributed by atoms with Crippen LogP contribution in [0.25, 0.3) is 0 Å². The number of amides is 1. The maximum absolute atomic E-state index is 13.2. The van der Waals surface area contributed by atoms with Gasteiger partial charge in [0, 0.05) is 19.5 Å². The highest BCUT2D eigenvalue weighted by Crippen LogP contribution is 2.34. The minimum Gasteiger partial charge on any atom is -0.481 e. The molecule has 6 heteroatoms. The minimum atomic E-state index is -0.815. The molecule has 1 N–H and O–H groups in total. The molecule has 0 saturated carbocycles. The van der Waals surface area contributed by atoms with Gasteiger partial charge in [0.15, 0.2) is 0 Å². The van der Waals surface area contributed by atoms with Gasteiger partial charge in [-0.1, -0.05) is 24.3 Å². The van der Waals surface area contributed by atoms with Gasteiger partial charge in [0.25, 0.3) is 0 Å². The number of hydrogen-bond acceptors (Lipinski definition) is 3. The number of carboxylic acid groups (broad SMARTS) is 1. The lowest BCUT2D eigenvalue weighted by Gasteiger charge is -2.24. The van der Waals surface area contributed by atoms with Gasteiger partial charge >= 0.3 is 5.97 Å². The Bertz CT molecular complexity index is 843. The fourth-order valence-electron chi connectivity index (χ4n) is 4.10. The fourth-order valence-corrected chi connectivity index (χ4v) is 4.10. The van der Waals surface area contributed by atoms with E-state index >= 15 is 0 Å². The van der Waals surface area contributed by atoms with Gasteiger partial charge in [0.2, 0.25) is 5.91 Å². The second-order valence-electron chi connectivity index (χ2n) is 7.15. The molecule has 1 amide bonds. The van der Waals surface area contributed by atoms with E-state index in [9.17, 15) is 9.59 Å². The molecule has 0 unspecified atom stereocenters. The maximum Gasteiger partial charge on any atom is 0.303 e. The van der Waals surface area contributed by atoms with Crippen molar-refractivity contribution in [2.24, 2.45) is 0 Å². The van der Waals surface area contributed by atoms with Gasteiger partial charge < -0.3 is 10.0 Å². The summed E-state index contributed by atoms with van der Waals surface area (Å²) in [5.74, 6) is -0.645. The van der Waals surface area contributed by atoms with Crippen LogP contribution in [0.1, 0.15) is 47.7 Å². The number of aliphatic carboxylic acids is 1. The Morgan fingerprint density at radius 2 is 2.08 bits per heavy atom. The van der Waals surface area contributed by atoms with E-state index in [-0.39, 0.29) is 18.2 Å². The van der Waals surface area contributed by atoms with E-state index in [1.165, 1.54) is 11.1 Å². The van der Waals surface area contributed by atoms with Crippen molar-refractivity contribution in [2.75, 3.05) is 6.54 Å². The van der Waals surface area contributed by atoms with Crippen LogP contribution in [0.15, 0.2) is 30.3 Å². The number of carbonyl (C=O) groups excluding carboxylic acids is 1. The van der Waals surface area contributed by atoms with E-state index in [2.05, 4.69) is 17.2 Å². The van der Waals surface area contributed by atoms with E-state index in [0.29, 0.717) is 13.0 Å². The Balaban J connectivity index is 1.50. The molecule has 1 aromatic heterocycles. The van der Waals surface area contributed by atoms with Crippen molar-refractivity contribution in [3.05, 3.63) is 52.8 Å². The lowest BCUT2D eigenvalue weighted by molar-refractivity contribution is -0.137. The maximum atomic E-state index is 13.2. The average Bonchev–Trinajstić information content (AvgIpc) is 3.17. The summed E-state index contributed by atoms with van der Waals surface area (Å²) in [6.07, 6.45) is 3.24. The average molecular weight is 353 g/mol. The van der Waals surface area contributed by atoms with Crippen LogP contribution >= 0.6 is 0 Å². The Hall–Kier alpha value is -2.63. The Labute approximate surface area is 152 Å². The van der Waals surface area contributed by atoms with E-state index < -0.39 is 5.97 Å². The predicted octanol–water partition coefficient (Wildman–Crippen LogP) is 2.36. The first-order chi connectivity index (χ1) is 12.6. The Morgan fingerprint density at radius 1 is 1.23 bits per heavy atom. The van der Waals surface area contributed by atoms with Crippen LogP contribution in [0, 0.1) is 0 Å². The van der Waals surface area contributed by atoms with E-state index in [0.717, 1.165) is 43.7 Å². The van der Waals surface area contributed by atoms with Crippen molar-refractivity contribution < 1.29 is 14.7 Å². The summed E-state index contributed by atoms with van der Waals surface area (Å²) in [5, 5.41) is 13.4. The summed E-state index contributed by atoms with van der Waals surface area (Å²) in [6, 6.07) is 10.2. The van der Waals surface area contributed by atoms with Crippen LogP contribution in [0.4, 0.5) is 0 Å². The number of rotatable bonds is 4. The smallest absolute Gasteiger partial charge is 0.303 e. The van der Waals surface area contributed by atoms with Crippen molar-refractivity contribution in [2.45, 2.75) is 51.1 Å². The first-order valence-corrected chi connectivity index (χ1v) is 9.26. The third kappa shape index (κ3) is 3.23. The summed E-state index contributed by atoms with van der Waals surface area (Å²) in [7, 11) is 0. The first kappa shape index (κ1) is 16.8. The van der Waals surface area contributed by atoms with Crippen molar-refractivity contribution in [3.8, 4) is 0 Å². The van der Waals surface area contributed by atoms with Crippen LogP contribution < -0.4 is 0 Å². The van der Waals surface area contributed by atoms with Crippen LogP contribution in [0.3, 0.4) is 0 Å². The number of nitrogens with zero attached hydrogens (tertiary/aromatic N) is 3. The zero-order valence-corrected chi connectivity index (χ0v) is 14.7. The third-order valence-corrected chi connectivity index (χ3v) is 5.40. The predicted molar refractivity (Wildman–Crippen MR) is 95.7 cm³/mol. The molecule has 26 heavy (non-hydrogen) atoms. The van der Waals surface area contributed by atoms with E-state index in [1.807, 2.05) is 27.8 Å². The van der Waals surface area contributed by atoms with Crippen molar-refractivity contribution >= 4 is 11.9 Å². The minimum absolute atomic E-state index is 0.0350. The highest BCUT2D eigenvalue weighted by atomic mass is 16.4. The number of fused-ring (bicyclic) bond motifs is 2. The number of hydrogen-bond donors (Lipinski definition) is 1. The number of carboxylic acids is 1. The molecule has 1 aliphatic carbocycles. The molecule has 2 heterocycles.